The third-order valence-corrected chi connectivity index (χ3v) is 4.84. The number of furan rings is 1. The van der Waals surface area contributed by atoms with Gasteiger partial charge in [0.1, 0.15) is 11.5 Å². The van der Waals surface area contributed by atoms with Gasteiger partial charge in [-0.15, -0.1) is 0 Å². The van der Waals surface area contributed by atoms with Gasteiger partial charge in [0.2, 0.25) is 0 Å². The van der Waals surface area contributed by atoms with Gasteiger partial charge in [0.15, 0.2) is 0 Å². The molecule has 27 heavy (non-hydrogen) atoms. The maximum atomic E-state index is 12.8. The van der Waals surface area contributed by atoms with Gasteiger partial charge in [-0.25, -0.2) is 0 Å². The summed E-state index contributed by atoms with van der Waals surface area (Å²) in [4.78, 5) is 12.8. The minimum Gasteiger partial charge on any atom is -0.457 e. The summed E-state index contributed by atoms with van der Waals surface area (Å²) >= 11 is 6.20. The fraction of sp³-hybridized carbons (Fsp3) is 0.0909. The maximum Gasteiger partial charge on any atom is 0.280 e. The summed E-state index contributed by atoms with van der Waals surface area (Å²) in [7, 11) is 0. The van der Waals surface area contributed by atoms with E-state index in [0.29, 0.717) is 27.8 Å². The van der Waals surface area contributed by atoms with E-state index in [0.717, 1.165) is 16.8 Å². The number of hydrogen-bond acceptors (Lipinski definition) is 3. The molecule has 2 heterocycles. The van der Waals surface area contributed by atoms with E-state index in [1.54, 1.807) is 6.08 Å². The van der Waals surface area contributed by atoms with Gasteiger partial charge in [0.25, 0.3) is 5.91 Å². The van der Waals surface area contributed by atoms with E-state index in [4.69, 9.17) is 16.0 Å². The van der Waals surface area contributed by atoms with E-state index >= 15 is 0 Å². The molecule has 4 rings (SSSR count). The number of halogens is 1. The summed E-state index contributed by atoms with van der Waals surface area (Å²) in [6.07, 6.45) is 1.73. The molecule has 0 bridgehead atoms. The number of amides is 1. The molecule has 2 aromatic carbocycles. The lowest BCUT2D eigenvalue weighted by Gasteiger charge is -2.10. The molecule has 0 saturated carbocycles. The van der Waals surface area contributed by atoms with Crippen LogP contribution in [0.2, 0.25) is 5.02 Å². The minimum atomic E-state index is -0.171. The topological polar surface area (TPSA) is 45.8 Å². The molecule has 0 spiro atoms. The number of aryl methyl sites for hydroxylation is 1. The van der Waals surface area contributed by atoms with Crippen LogP contribution >= 0.6 is 11.6 Å². The zero-order chi connectivity index (χ0) is 19.0. The van der Waals surface area contributed by atoms with Crippen molar-refractivity contribution in [2.75, 3.05) is 5.01 Å². The molecule has 0 aliphatic carbocycles. The van der Waals surface area contributed by atoms with Gasteiger partial charge in [-0.2, -0.15) is 10.1 Å². The number of nitrogens with zero attached hydrogens (tertiary/aromatic N) is 2. The Bertz CT molecular complexity index is 1080. The quantitative estimate of drug-likeness (QED) is 0.549. The van der Waals surface area contributed by atoms with Gasteiger partial charge in [0, 0.05) is 10.6 Å². The fourth-order valence-corrected chi connectivity index (χ4v) is 3.08. The Morgan fingerprint density at radius 1 is 1.04 bits per heavy atom. The van der Waals surface area contributed by atoms with Gasteiger partial charge < -0.3 is 4.42 Å². The van der Waals surface area contributed by atoms with Crippen molar-refractivity contribution in [1.82, 2.24) is 0 Å². The Balaban J connectivity index is 1.63. The molecule has 1 aliphatic heterocycles. The standard InChI is InChI=1S/C22H17ClN2O2/c1-14-8-9-16(12-20(14)23)21-11-10-18(27-21)13-19-15(2)24-25(22(19)26)17-6-4-3-5-7-17/h3-13H,1-2H3/b19-13+. The minimum absolute atomic E-state index is 0.171. The predicted molar refractivity (Wildman–Crippen MR) is 109 cm³/mol. The molecule has 3 aromatic rings. The lowest BCUT2D eigenvalue weighted by molar-refractivity contribution is -0.114. The third kappa shape index (κ3) is 3.32. The Morgan fingerprint density at radius 3 is 2.56 bits per heavy atom. The fourth-order valence-electron chi connectivity index (χ4n) is 2.90. The first kappa shape index (κ1) is 17.3. The summed E-state index contributed by atoms with van der Waals surface area (Å²) in [5, 5.41) is 6.48. The summed E-state index contributed by atoms with van der Waals surface area (Å²) in [6.45, 7) is 3.77. The molecule has 0 saturated heterocycles. The number of anilines is 1. The van der Waals surface area contributed by atoms with E-state index in [1.165, 1.54) is 5.01 Å². The van der Waals surface area contributed by atoms with Gasteiger partial charge >= 0.3 is 0 Å². The van der Waals surface area contributed by atoms with Crippen LogP contribution in [-0.4, -0.2) is 11.6 Å². The van der Waals surface area contributed by atoms with Crippen molar-refractivity contribution in [1.29, 1.82) is 0 Å². The van der Waals surface area contributed by atoms with Gasteiger partial charge in [-0.05, 0) is 55.8 Å². The number of rotatable bonds is 3. The van der Waals surface area contributed by atoms with Crippen LogP contribution in [0.5, 0.6) is 0 Å². The molecule has 1 aromatic heterocycles. The smallest absolute Gasteiger partial charge is 0.280 e. The van der Waals surface area contributed by atoms with E-state index in [-0.39, 0.29) is 5.91 Å². The molecule has 4 nitrogen and oxygen atoms in total. The lowest BCUT2D eigenvalue weighted by Crippen LogP contribution is -2.21. The van der Waals surface area contributed by atoms with Crippen molar-refractivity contribution >= 4 is 35.0 Å². The lowest BCUT2D eigenvalue weighted by atomic mass is 10.1. The van der Waals surface area contributed by atoms with E-state index in [9.17, 15) is 4.79 Å². The molecule has 5 heteroatoms. The predicted octanol–water partition coefficient (Wildman–Crippen LogP) is 5.71. The molecular formula is C22H17ClN2O2. The zero-order valence-corrected chi connectivity index (χ0v) is 15.7. The molecule has 0 atom stereocenters. The highest BCUT2D eigenvalue weighted by Crippen LogP contribution is 2.29. The number of hydrogen-bond donors (Lipinski definition) is 0. The second-order valence-corrected chi connectivity index (χ2v) is 6.77. The highest BCUT2D eigenvalue weighted by Gasteiger charge is 2.28. The summed E-state index contributed by atoms with van der Waals surface area (Å²) in [6, 6.07) is 18.8. The first-order chi connectivity index (χ1) is 13.0. The van der Waals surface area contributed by atoms with Crippen LogP contribution in [0.4, 0.5) is 5.69 Å². The van der Waals surface area contributed by atoms with Crippen LogP contribution in [0.25, 0.3) is 17.4 Å². The number of benzene rings is 2. The van der Waals surface area contributed by atoms with Crippen molar-refractivity contribution < 1.29 is 9.21 Å². The molecule has 0 unspecified atom stereocenters. The summed E-state index contributed by atoms with van der Waals surface area (Å²) in [5.74, 6) is 1.12. The average molecular weight is 377 g/mol. The monoisotopic (exact) mass is 376 g/mol. The highest BCUT2D eigenvalue weighted by atomic mass is 35.5. The Morgan fingerprint density at radius 2 is 1.81 bits per heavy atom. The average Bonchev–Trinajstić information content (AvgIpc) is 3.25. The number of carbonyl (C=O) groups excluding carboxylic acids is 1. The van der Waals surface area contributed by atoms with Crippen LogP contribution in [0, 0.1) is 6.92 Å². The molecule has 1 aliphatic rings. The SMILES string of the molecule is CC1=NN(c2ccccc2)C(=O)/C1=C/c1ccc(-c2ccc(C)c(Cl)c2)o1. The normalized spacial score (nSPS) is 15.5. The van der Waals surface area contributed by atoms with Gasteiger partial charge in [-0.3, -0.25) is 4.79 Å². The van der Waals surface area contributed by atoms with Crippen LogP contribution in [0.3, 0.4) is 0 Å². The third-order valence-electron chi connectivity index (χ3n) is 4.43. The number of para-hydroxylation sites is 1. The molecular weight excluding hydrogens is 360 g/mol. The largest absolute Gasteiger partial charge is 0.457 e. The maximum absolute atomic E-state index is 12.8. The van der Waals surface area contributed by atoms with Crippen LogP contribution in [0.15, 0.2) is 75.8 Å². The van der Waals surface area contributed by atoms with Crippen LogP contribution in [-0.2, 0) is 4.79 Å². The van der Waals surface area contributed by atoms with E-state index < -0.39 is 0 Å². The van der Waals surface area contributed by atoms with Crippen LogP contribution in [0.1, 0.15) is 18.2 Å². The molecule has 0 fully saturated rings. The summed E-state index contributed by atoms with van der Waals surface area (Å²) < 4.78 is 5.90. The van der Waals surface area contributed by atoms with Gasteiger partial charge in [-0.1, -0.05) is 41.9 Å². The second kappa shape index (κ2) is 6.89. The highest BCUT2D eigenvalue weighted by molar-refractivity contribution is 6.32. The first-order valence-corrected chi connectivity index (χ1v) is 8.94. The van der Waals surface area contributed by atoms with Crippen LogP contribution < -0.4 is 5.01 Å². The zero-order valence-electron chi connectivity index (χ0n) is 14.9. The van der Waals surface area contributed by atoms with Crippen molar-refractivity contribution in [2.45, 2.75) is 13.8 Å². The first-order valence-electron chi connectivity index (χ1n) is 8.56. The van der Waals surface area contributed by atoms with Crippen molar-refractivity contribution in [3.63, 3.8) is 0 Å². The molecule has 0 radical (unpaired) electrons. The summed E-state index contributed by atoms with van der Waals surface area (Å²) in [5.41, 5.74) is 3.81. The van der Waals surface area contributed by atoms with E-state index in [2.05, 4.69) is 5.10 Å². The van der Waals surface area contributed by atoms with Gasteiger partial charge in [0.05, 0.1) is 17.0 Å². The Kier molecular flexibility index (Phi) is 4.42. The Hall–Kier alpha value is -3.11. The molecule has 1 amide bonds. The molecule has 0 N–H and O–H groups in total. The Labute approximate surface area is 162 Å². The molecule has 134 valence electrons. The number of carbonyl (C=O) groups is 1. The van der Waals surface area contributed by atoms with E-state index in [1.807, 2.05) is 74.5 Å². The van der Waals surface area contributed by atoms with Crippen molar-refractivity contribution in [2.24, 2.45) is 5.10 Å². The van der Waals surface area contributed by atoms with Crippen molar-refractivity contribution in [3.8, 4) is 11.3 Å². The second-order valence-electron chi connectivity index (χ2n) is 6.36. The number of hydrazone groups is 1. The van der Waals surface area contributed by atoms with Crippen molar-refractivity contribution in [3.05, 3.63) is 82.6 Å².